The van der Waals surface area contributed by atoms with Crippen LogP contribution in [0.2, 0.25) is 0 Å². The van der Waals surface area contributed by atoms with Crippen LogP contribution in [0.15, 0.2) is 12.4 Å². The number of fused-ring (bicyclic) bond motifs is 1. The van der Waals surface area contributed by atoms with E-state index in [1.165, 1.54) is 0 Å². The number of carbonyl (C=O) groups is 2. The molecule has 3 saturated heterocycles. The Labute approximate surface area is 214 Å². The average Bonchev–Trinajstić information content (AvgIpc) is 3.26. The first-order valence-electron chi connectivity index (χ1n) is 12.2. The molecule has 0 radical (unpaired) electrons. The van der Waals surface area contributed by atoms with Gasteiger partial charge >= 0.3 is 18.3 Å². The molecule has 3 aliphatic heterocycles. The molecular formula is C23H30F6N4O5. The van der Waals surface area contributed by atoms with E-state index in [0.717, 1.165) is 51.3 Å². The number of carbonyl (C=O) groups excluding carboxylic acids is 1. The van der Waals surface area contributed by atoms with E-state index in [1.54, 1.807) is 0 Å². The molecule has 214 valence electrons. The normalized spacial score (nSPS) is 24.3. The van der Waals surface area contributed by atoms with Crippen LogP contribution in [0.4, 0.5) is 32.2 Å². The highest BCUT2D eigenvalue weighted by atomic mass is 19.4. The maximum Gasteiger partial charge on any atom is 0.490 e. The van der Waals surface area contributed by atoms with Crippen LogP contribution in [0.25, 0.3) is 0 Å². The number of carboxylic acid groups (broad SMARTS) is 1. The predicted octanol–water partition coefficient (Wildman–Crippen LogP) is 3.29. The van der Waals surface area contributed by atoms with Gasteiger partial charge in [0.1, 0.15) is 17.8 Å². The highest BCUT2D eigenvalue weighted by Gasteiger charge is 2.42. The highest BCUT2D eigenvalue weighted by molar-refractivity contribution is 5.76. The van der Waals surface area contributed by atoms with Crippen molar-refractivity contribution in [3.05, 3.63) is 18.1 Å². The fourth-order valence-corrected chi connectivity index (χ4v) is 4.89. The average molecular weight is 557 g/mol. The largest absolute Gasteiger partial charge is 0.490 e. The number of rotatable bonds is 6. The van der Waals surface area contributed by atoms with E-state index in [0.29, 0.717) is 38.6 Å². The molecule has 1 amide bonds. The molecule has 1 aromatic rings. The van der Waals surface area contributed by atoms with Crippen molar-refractivity contribution < 1.29 is 50.5 Å². The molecule has 3 aliphatic rings. The molecule has 3 atom stereocenters. The number of amides is 1. The van der Waals surface area contributed by atoms with Gasteiger partial charge < -0.3 is 24.8 Å². The maximum absolute atomic E-state index is 12.9. The van der Waals surface area contributed by atoms with Gasteiger partial charge in [-0.05, 0) is 37.5 Å². The van der Waals surface area contributed by atoms with Crippen LogP contribution in [0, 0.1) is 17.8 Å². The van der Waals surface area contributed by atoms with Crippen LogP contribution < -0.4 is 10.2 Å². The molecule has 0 aliphatic carbocycles. The van der Waals surface area contributed by atoms with Crippen molar-refractivity contribution in [1.82, 2.24) is 15.3 Å². The summed E-state index contributed by atoms with van der Waals surface area (Å²) in [4.78, 5) is 30.5. The number of hydrogen-bond donors (Lipinski definition) is 2. The van der Waals surface area contributed by atoms with Gasteiger partial charge in [0.25, 0.3) is 0 Å². The van der Waals surface area contributed by atoms with Crippen molar-refractivity contribution in [2.75, 3.05) is 44.4 Å². The third-order valence-corrected chi connectivity index (χ3v) is 6.91. The number of ether oxygens (including phenoxy) is 2. The number of hydrogen-bond acceptors (Lipinski definition) is 7. The van der Waals surface area contributed by atoms with Crippen molar-refractivity contribution in [1.29, 1.82) is 0 Å². The third kappa shape index (κ3) is 8.68. The number of nitrogens with zero attached hydrogens (tertiary/aromatic N) is 3. The molecule has 38 heavy (non-hydrogen) atoms. The molecule has 2 N–H and O–H groups in total. The number of carboxylic acids is 1. The lowest BCUT2D eigenvalue weighted by atomic mass is 9.83. The maximum atomic E-state index is 12.9. The monoisotopic (exact) mass is 556 g/mol. The first-order valence-corrected chi connectivity index (χ1v) is 12.2. The fourth-order valence-electron chi connectivity index (χ4n) is 4.89. The number of nitrogens with one attached hydrogen (secondary N) is 1. The predicted molar refractivity (Wildman–Crippen MR) is 120 cm³/mol. The molecule has 1 aromatic heterocycles. The van der Waals surface area contributed by atoms with Crippen LogP contribution in [0.3, 0.4) is 0 Å². The summed E-state index contributed by atoms with van der Waals surface area (Å²) in [7, 11) is 0. The molecule has 3 fully saturated rings. The first-order chi connectivity index (χ1) is 17.8. The van der Waals surface area contributed by atoms with Crippen LogP contribution in [-0.2, 0) is 25.2 Å². The molecular weight excluding hydrogens is 526 g/mol. The van der Waals surface area contributed by atoms with Crippen LogP contribution >= 0.6 is 0 Å². The summed E-state index contributed by atoms with van der Waals surface area (Å²) >= 11 is 0. The lowest BCUT2D eigenvalue weighted by Gasteiger charge is -2.36. The Bertz CT molecular complexity index is 942. The second-order valence-corrected chi connectivity index (χ2v) is 9.49. The quantitative estimate of drug-likeness (QED) is 0.514. The molecule has 0 unspecified atom stereocenters. The van der Waals surface area contributed by atoms with Gasteiger partial charge in [-0.25, -0.2) is 14.8 Å². The molecule has 0 bridgehead atoms. The summed E-state index contributed by atoms with van der Waals surface area (Å²) < 4.78 is 81.8. The Morgan fingerprint density at radius 2 is 1.79 bits per heavy atom. The van der Waals surface area contributed by atoms with Gasteiger partial charge in [0.15, 0.2) is 0 Å². The molecule has 4 heterocycles. The lowest BCUT2D eigenvalue weighted by molar-refractivity contribution is -0.192. The summed E-state index contributed by atoms with van der Waals surface area (Å²) in [5.74, 6) is -1.43. The second kappa shape index (κ2) is 12.9. The highest BCUT2D eigenvalue weighted by Crippen LogP contribution is 2.37. The van der Waals surface area contributed by atoms with E-state index < -0.39 is 24.0 Å². The van der Waals surface area contributed by atoms with E-state index in [2.05, 4.69) is 15.3 Å². The number of piperidine rings is 1. The van der Waals surface area contributed by atoms with Crippen molar-refractivity contribution >= 4 is 17.7 Å². The van der Waals surface area contributed by atoms with E-state index >= 15 is 0 Å². The zero-order chi connectivity index (χ0) is 27.9. The third-order valence-electron chi connectivity index (χ3n) is 6.91. The lowest BCUT2D eigenvalue weighted by Crippen LogP contribution is -2.43. The van der Waals surface area contributed by atoms with Crippen LogP contribution in [0.1, 0.15) is 37.8 Å². The van der Waals surface area contributed by atoms with E-state index in [9.17, 15) is 31.1 Å². The number of halogens is 6. The molecule has 0 aromatic carbocycles. The number of alkyl halides is 6. The summed E-state index contributed by atoms with van der Waals surface area (Å²) in [6, 6.07) is 1.000. The van der Waals surface area contributed by atoms with Gasteiger partial charge in [-0.3, -0.25) is 4.79 Å². The van der Waals surface area contributed by atoms with Crippen LogP contribution in [-0.4, -0.2) is 78.7 Å². The topological polar surface area (TPSA) is 114 Å². The summed E-state index contributed by atoms with van der Waals surface area (Å²) in [5, 5.41) is 10.1. The molecule has 9 nitrogen and oxygen atoms in total. The molecule has 0 saturated carbocycles. The van der Waals surface area contributed by atoms with E-state index in [-0.39, 0.29) is 29.7 Å². The van der Waals surface area contributed by atoms with Crippen molar-refractivity contribution in [3.63, 3.8) is 0 Å². The zero-order valence-electron chi connectivity index (χ0n) is 20.4. The Kier molecular flexibility index (Phi) is 10.2. The summed E-state index contributed by atoms with van der Waals surface area (Å²) in [6.07, 6.45) is -4.57. The smallest absolute Gasteiger partial charge is 0.475 e. The zero-order valence-corrected chi connectivity index (χ0v) is 20.4. The molecule has 15 heteroatoms. The van der Waals surface area contributed by atoms with Gasteiger partial charge in [0.2, 0.25) is 5.91 Å². The van der Waals surface area contributed by atoms with Crippen molar-refractivity contribution in [2.24, 2.45) is 17.8 Å². The van der Waals surface area contributed by atoms with E-state index in [1.807, 2.05) is 4.90 Å². The van der Waals surface area contributed by atoms with Crippen molar-refractivity contribution in [2.45, 2.75) is 50.6 Å². The summed E-state index contributed by atoms with van der Waals surface area (Å²) in [6.45, 7) is 3.95. The van der Waals surface area contributed by atoms with Gasteiger partial charge in [0, 0.05) is 44.8 Å². The Morgan fingerprint density at radius 1 is 1.11 bits per heavy atom. The fraction of sp³-hybridized carbons (Fsp3) is 0.739. The summed E-state index contributed by atoms with van der Waals surface area (Å²) in [5.41, 5.74) is -0.933. The SMILES string of the molecule is O=C(C[C@@H]1OC[C@H]2CN(c3cc(C(F)(F)F)ncn3)CC[C@H]21)NCCC1CCOCC1.O=C(O)C(F)(F)F. The first kappa shape index (κ1) is 29.9. The minimum Gasteiger partial charge on any atom is -0.475 e. The van der Waals surface area contributed by atoms with Crippen molar-refractivity contribution in [3.8, 4) is 0 Å². The Hall–Kier alpha value is -2.68. The van der Waals surface area contributed by atoms with Gasteiger partial charge in [-0.1, -0.05) is 0 Å². The van der Waals surface area contributed by atoms with Gasteiger partial charge in [0.05, 0.1) is 19.1 Å². The van der Waals surface area contributed by atoms with Gasteiger partial charge in [-0.2, -0.15) is 26.3 Å². The Morgan fingerprint density at radius 3 is 2.42 bits per heavy atom. The van der Waals surface area contributed by atoms with Crippen LogP contribution in [0.5, 0.6) is 0 Å². The molecule has 4 rings (SSSR count). The van der Waals surface area contributed by atoms with Gasteiger partial charge in [-0.15, -0.1) is 0 Å². The number of aliphatic carboxylic acids is 1. The minimum atomic E-state index is -5.08. The standard InChI is InChI=1S/C21H29F3N4O3.C2HF3O2/c22-21(23,24)18-10-19(27-13-26-18)28-6-2-16-15(11-28)12-31-17(16)9-20(29)25-5-1-14-3-7-30-8-4-14;3-2(4,5)1(6)7/h10,13-17H,1-9,11-12H2,(H,25,29);(H,6,7)/t15-,16-,17+;/m1./s1. The number of aromatic nitrogens is 2. The van der Waals surface area contributed by atoms with E-state index in [4.69, 9.17) is 19.4 Å². The second-order valence-electron chi connectivity index (χ2n) is 9.49. The molecule has 0 spiro atoms. The Balaban J connectivity index is 0.000000505. The number of anilines is 1. The minimum absolute atomic E-state index is 0.00533.